The molecule has 4 aromatic rings. The quantitative estimate of drug-likeness (QED) is 0.554. The second-order valence-electron chi connectivity index (χ2n) is 4.56. The second-order valence-corrected chi connectivity index (χ2v) is 4.56. The van der Waals surface area contributed by atoms with Gasteiger partial charge in [-0.25, -0.2) is 0 Å². The third-order valence-corrected chi connectivity index (χ3v) is 3.43. The summed E-state index contributed by atoms with van der Waals surface area (Å²) in [5.41, 5.74) is 3.51. The first-order chi connectivity index (χ1) is 9.42. The first-order valence-electron chi connectivity index (χ1n) is 6.17. The zero-order chi connectivity index (χ0) is 12.7. The molecule has 0 saturated carbocycles. The molecule has 19 heavy (non-hydrogen) atoms. The van der Waals surface area contributed by atoms with Crippen LogP contribution in [0.3, 0.4) is 0 Å². The number of aromatic amines is 1. The van der Waals surface area contributed by atoms with Gasteiger partial charge in [0.1, 0.15) is 0 Å². The van der Waals surface area contributed by atoms with E-state index in [2.05, 4.69) is 27.1 Å². The lowest BCUT2D eigenvalue weighted by Crippen LogP contribution is -1.78. The van der Waals surface area contributed by atoms with Gasteiger partial charge in [0.2, 0.25) is 0 Å². The first-order valence-corrected chi connectivity index (χ1v) is 6.17. The van der Waals surface area contributed by atoms with E-state index < -0.39 is 0 Å². The van der Waals surface area contributed by atoms with Crippen molar-refractivity contribution >= 4 is 21.7 Å². The molecule has 0 spiro atoms. The topological polar surface area (TPSA) is 41.6 Å². The number of fused-ring (bicyclic) bond motifs is 2. The number of hydrogen-bond acceptors (Lipinski definition) is 2. The predicted octanol–water partition coefficient (Wildman–Crippen LogP) is 3.78. The van der Waals surface area contributed by atoms with E-state index in [4.69, 9.17) is 0 Å². The fourth-order valence-electron chi connectivity index (χ4n) is 2.48. The maximum Gasteiger partial charge on any atom is 0.0467 e. The molecule has 0 radical (unpaired) electrons. The Morgan fingerprint density at radius 2 is 1.68 bits per heavy atom. The molecular formula is C16H11N3. The average Bonchev–Trinajstić information content (AvgIpc) is 2.88. The molecule has 3 aromatic heterocycles. The van der Waals surface area contributed by atoms with Crippen LogP contribution in [0.4, 0.5) is 0 Å². The van der Waals surface area contributed by atoms with Crippen LogP contribution in [0.1, 0.15) is 0 Å². The lowest BCUT2D eigenvalue weighted by Gasteiger charge is -2.01. The van der Waals surface area contributed by atoms with Gasteiger partial charge in [-0.15, -0.1) is 0 Å². The van der Waals surface area contributed by atoms with Gasteiger partial charge in [-0.2, -0.15) is 0 Å². The highest BCUT2D eigenvalue weighted by Gasteiger charge is 2.07. The van der Waals surface area contributed by atoms with Crippen molar-refractivity contribution in [1.82, 2.24) is 15.0 Å². The van der Waals surface area contributed by atoms with E-state index in [1.807, 2.05) is 49.2 Å². The van der Waals surface area contributed by atoms with E-state index in [0.29, 0.717) is 0 Å². The summed E-state index contributed by atoms with van der Waals surface area (Å²) in [6, 6.07) is 10.4. The molecule has 90 valence electrons. The zero-order valence-corrected chi connectivity index (χ0v) is 10.2. The van der Waals surface area contributed by atoms with Crippen LogP contribution in [-0.4, -0.2) is 15.0 Å². The number of nitrogens with zero attached hydrogens (tertiary/aromatic N) is 2. The Morgan fingerprint density at radius 3 is 2.58 bits per heavy atom. The van der Waals surface area contributed by atoms with E-state index in [1.54, 1.807) is 0 Å². The molecule has 1 aromatic carbocycles. The van der Waals surface area contributed by atoms with Crippen LogP contribution >= 0.6 is 0 Å². The van der Waals surface area contributed by atoms with Gasteiger partial charge in [0.15, 0.2) is 0 Å². The van der Waals surface area contributed by atoms with Crippen LogP contribution in [0, 0.1) is 0 Å². The number of aromatic nitrogens is 3. The van der Waals surface area contributed by atoms with Gasteiger partial charge >= 0.3 is 0 Å². The third-order valence-electron chi connectivity index (χ3n) is 3.43. The lowest BCUT2D eigenvalue weighted by molar-refractivity contribution is 1.33. The molecule has 3 heterocycles. The number of H-pyrrole nitrogens is 1. The van der Waals surface area contributed by atoms with Crippen molar-refractivity contribution in [2.75, 3.05) is 0 Å². The van der Waals surface area contributed by atoms with Gasteiger partial charge in [0.25, 0.3) is 0 Å². The SMILES string of the molecule is c1cc(-c2c[nH]c3cc4cnccc4cc23)ccn1. The fraction of sp³-hybridized carbons (Fsp3) is 0. The molecule has 3 heteroatoms. The van der Waals surface area contributed by atoms with Gasteiger partial charge < -0.3 is 4.98 Å². The van der Waals surface area contributed by atoms with E-state index in [9.17, 15) is 0 Å². The second kappa shape index (κ2) is 3.92. The van der Waals surface area contributed by atoms with Crippen molar-refractivity contribution in [3.8, 4) is 11.1 Å². The van der Waals surface area contributed by atoms with Gasteiger partial charge in [0, 0.05) is 52.8 Å². The normalized spacial score (nSPS) is 11.2. The minimum Gasteiger partial charge on any atom is -0.361 e. The Hall–Kier alpha value is -2.68. The highest BCUT2D eigenvalue weighted by atomic mass is 14.7. The highest BCUT2D eigenvalue weighted by molar-refractivity contribution is 6.03. The Balaban J connectivity index is 2.05. The fourth-order valence-corrected chi connectivity index (χ4v) is 2.48. The van der Waals surface area contributed by atoms with Gasteiger partial charge in [-0.1, -0.05) is 0 Å². The molecule has 0 bridgehead atoms. The van der Waals surface area contributed by atoms with Gasteiger partial charge in [0.05, 0.1) is 0 Å². The summed E-state index contributed by atoms with van der Waals surface area (Å²) in [7, 11) is 0. The molecule has 3 nitrogen and oxygen atoms in total. The Morgan fingerprint density at radius 1 is 0.842 bits per heavy atom. The molecule has 0 aliphatic carbocycles. The molecule has 0 atom stereocenters. The van der Waals surface area contributed by atoms with Crippen LogP contribution in [0.25, 0.3) is 32.8 Å². The number of benzene rings is 1. The zero-order valence-electron chi connectivity index (χ0n) is 10.2. The van der Waals surface area contributed by atoms with E-state index in [-0.39, 0.29) is 0 Å². The maximum absolute atomic E-state index is 4.16. The summed E-state index contributed by atoms with van der Waals surface area (Å²) >= 11 is 0. The minimum atomic E-state index is 1.13. The molecule has 0 saturated heterocycles. The van der Waals surface area contributed by atoms with Crippen molar-refractivity contribution in [3.63, 3.8) is 0 Å². The third kappa shape index (κ3) is 1.59. The van der Waals surface area contributed by atoms with Crippen LogP contribution in [0.2, 0.25) is 0 Å². The molecule has 0 aliphatic rings. The highest BCUT2D eigenvalue weighted by Crippen LogP contribution is 2.30. The molecule has 0 amide bonds. The molecule has 0 fully saturated rings. The maximum atomic E-state index is 4.16. The summed E-state index contributed by atoms with van der Waals surface area (Å²) in [5.74, 6) is 0. The average molecular weight is 245 g/mol. The van der Waals surface area contributed by atoms with Crippen LogP contribution in [0.5, 0.6) is 0 Å². The Bertz CT molecular complexity index is 863. The number of pyridine rings is 2. The Kier molecular flexibility index (Phi) is 2.12. The molecule has 0 unspecified atom stereocenters. The van der Waals surface area contributed by atoms with E-state index in [0.717, 1.165) is 10.9 Å². The van der Waals surface area contributed by atoms with Crippen molar-refractivity contribution in [1.29, 1.82) is 0 Å². The van der Waals surface area contributed by atoms with Gasteiger partial charge in [-0.05, 0) is 41.3 Å². The summed E-state index contributed by atoms with van der Waals surface area (Å²) in [6.07, 6.45) is 9.40. The van der Waals surface area contributed by atoms with Crippen molar-refractivity contribution in [2.24, 2.45) is 0 Å². The summed E-state index contributed by atoms with van der Waals surface area (Å²) in [5, 5.41) is 3.58. The Labute approximate surface area is 110 Å². The van der Waals surface area contributed by atoms with Crippen LogP contribution < -0.4 is 0 Å². The minimum absolute atomic E-state index is 1.13. The van der Waals surface area contributed by atoms with Crippen LogP contribution in [0.15, 0.2) is 61.3 Å². The lowest BCUT2D eigenvalue weighted by atomic mass is 10.0. The van der Waals surface area contributed by atoms with Crippen molar-refractivity contribution in [3.05, 3.63) is 61.3 Å². The molecule has 0 aliphatic heterocycles. The largest absolute Gasteiger partial charge is 0.361 e. The standard InChI is InChI=1S/C16H11N3/c1-4-17-5-2-11(1)15-10-19-16-8-13-9-18-6-3-12(13)7-14(15)16/h1-10,19H. The molecular weight excluding hydrogens is 234 g/mol. The molecule has 1 N–H and O–H groups in total. The molecule has 4 rings (SSSR count). The van der Waals surface area contributed by atoms with E-state index in [1.165, 1.54) is 21.9 Å². The van der Waals surface area contributed by atoms with Gasteiger partial charge in [-0.3, -0.25) is 9.97 Å². The number of hydrogen-bond donors (Lipinski definition) is 1. The first kappa shape index (κ1) is 10.3. The summed E-state index contributed by atoms with van der Waals surface area (Å²) in [6.45, 7) is 0. The monoisotopic (exact) mass is 245 g/mol. The van der Waals surface area contributed by atoms with Crippen LogP contribution in [-0.2, 0) is 0 Å². The summed E-state index contributed by atoms with van der Waals surface area (Å²) < 4.78 is 0. The summed E-state index contributed by atoms with van der Waals surface area (Å²) in [4.78, 5) is 11.6. The number of rotatable bonds is 1. The van der Waals surface area contributed by atoms with Crippen molar-refractivity contribution in [2.45, 2.75) is 0 Å². The van der Waals surface area contributed by atoms with E-state index >= 15 is 0 Å². The number of nitrogens with one attached hydrogen (secondary N) is 1. The predicted molar refractivity (Wildman–Crippen MR) is 76.8 cm³/mol. The van der Waals surface area contributed by atoms with Crippen molar-refractivity contribution < 1.29 is 0 Å². The smallest absolute Gasteiger partial charge is 0.0467 e.